The van der Waals surface area contributed by atoms with Crippen molar-refractivity contribution in [1.82, 2.24) is 48.6 Å². The Morgan fingerprint density at radius 2 is 1.87 bits per heavy atom. The van der Waals surface area contributed by atoms with Crippen LogP contribution in [0.25, 0.3) is 16.7 Å². The fourth-order valence-corrected chi connectivity index (χ4v) is 11.9. The lowest BCUT2D eigenvalue weighted by molar-refractivity contribution is -0.137. The molecule has 5 aromatic rings. The van der Waals surface area contributed by atoms with Crippen LogP contribution < -0.4 is 21.2 Å². The van der Waals surface area contributed by atoms with E-state index >= 15 is 0 Å². The van der Waals surface area contributed by atoms with E-state index in [1.165, 1.54) is 10.7 Å². The molecule has 5 saturated heterocycles. The molecule has 1 spiro atoms. The second kappa shape index (κ2) is 17.8. The number of alkyl halides is 2. The predicted molar refractivity (Wildman–Crippen MR) is 242 cm³/mol. The smallest absolute Gasteiger partial charge is 0.329 e. The van der Waals surface area contributed by atoms with Crippen LogP contribution >= 0.6 is 0 Å². The number of aryl methyl sites for hydroxylation is 2. The van der Waals surface area contributed by atoms with Gasteiger partial charge in [-0.2, -0.15) is 10.2 Å². The average molecular weight is 925 g/mol. The summed E-state index contributed by atoms with van der Waals surface area (Å²) in [6, 6.07) is 7.26. The Morgan fingerprint density at radius 1 is 1.03 bits per heavy atom. The van der Waals surface area contributed by atoms with Gasteiger partial charge in [-0.25, -0.2) is 23.1 Å². The van der Waals surface area contributed by atoms with Gasteiger partial charge >= 0.3 is 5.69 Å². The monoisotopic (exact) mass is 924 g/mol. The van der Waals surface area contributed by atoms with Gasteiger partial charge in [-0.05, 0) is 94.4 Å². The first kappa shape index (κ1) is 44.0. The molecule has 2 N–H and O–H groups in total. The molecule has 1 aromatic carbocycles. The molecule has 0 radical (unpaired) electrons. The Labute approximate surface area is 385 Å². The van der Waals surface area contributed by atoms with E-state index < -0.39 is 30.0 Å². The van der Waals surface area contributed by atoms with Crippen LogP contribution in [0.2, 0.25) is 0 Å². The number of morpholine rings is 2. The molecule has 18 nitrogen and oxygen atoms in total. The minimum Gasteiger partial charge on any atom is -0.374 e. The fraction of sp³-hybridized carbons (Fsp3) is 0.596. The zero-order chi connectivity index (χ0) is 46.0. The van der Waals surface area contributed by atoms with Gasteiger partial charge in [-0.1, -0.05) is 12.1 Å². The molecular weight excluding hydrogens is 867 g/mol. The zero-order valence-corrected chi connectivity index (χ0v) is 37.8. The van der Waals surface area contributed by atoms with Gasteiger partial charge in [0.15, 0.2) is 11.3 Å². The van der Waals surface area contributed by atoms with Gasteiger partial charge in [-0.3, -0.25) is 38.4 Å². The van der Waals surface area contributed by atoms with Crippen molar-refractivity contribution < 1.29 is 32.6 Å². The number of anilines is 2. The maximum atomic E-state index is 14.4. The molecule has 9 heterocycles. The number of carbonyl (C=O) groups excluding carboxylic acids is 3. The fourth-order valence-electron chi connectivity index (χ4n) is 11.9. The van der Waals surface area contributed by atoms with E-state index in [0.29, 0.717) is 31.2 Å². The van der Waals surface area contributed by atoms with Crippen molar-refractivity contribution in [3.05, 3.63) is 70.2 Å². The largest absolute Gasteiger partial charge is 0.374 e. The molecule has 2 bridgehead atoms. The molecule has 5 aliphatic heterocycles. The number of para-hydroxylation sites is 1. The predicted octanol–water partition coefficient (Wildman–Crippen LogP) is 4.26. The number of carbonyl (C=O) groups is 3. The van der Waals surface area contributed by atoms with Gasteiger partial charge in [-0.15, -0.1) is 0 Å². The number of aromatic nitrogens is 7. The SMILES string of the molecule is Cn1c(=O)n(C2CCC(=O)NC2=O)c2cccc(CCCN3CCOC4(CCN(C[C@H]5CC[C@H](n6cc(NC(=O)c7cnn8ccc(N9C[C@H]%10C[C@@H]9CO%10)nc78)c(C(F)F)n6)CC5)CC4)C3)c21. The summed E-state index contributed by atoms with van der Waals surface area (Å²) in [6.45, 7) is 7.69. The normalized spacial score (nSPS) is 25.9. The molecule has 4 aromatic heterocycles. The van der Waals surface area contributed by atoms with Crippen molar-refractivity contribution in [2.75, 3.05) is 69.2 Å². The first-order valence-corrected chi connectivity index (χ1v) is 24.0. The third-order valence-corrected chi connectivity index (χ3v) is 15.4. The van der Waals surface area contributed by atoms with E-state index in [0.717, 1.165) is 126 Å². The van der Waals surface area contributed by atoms with Crippen LogP contribution in [-0.2, 0) is 32.5 Å². The third kappa shape index (κ3) is 8.43. The van der Waals surface area contributed by atoms with Crippen LogP contribution in [0.4, 0.5) is 20.3 Å². The van der Waals surface area contributed by atoms with Crippen LogP contribution in [0.5, 0.6) is 0 Å². The van der Waals surface area contributed by atoms with Crippen molar-refractivity contribution in [2.24, 2.45) is 13.0 Å². The van der Waals surface area contributed by atoms with Crippen LogP contribution in [0.1, 0.15) is 104 Å². The van der Waals surface area contributed by atoms with Gasteiger partial charge in [0.1, 0.15) is 17.4 Å². The summed E-state index contributed by atoms with van der Waals surface area (Å²) >= 11 is 0. The quantitative estimate of drug-likeness (QED) is 0.170. The van der Waals surface area contributed by atoms with E-state index in [4.69, 9.17) is 14.5 Å². The van der Waals surface area contributed by atoms with Gasteiger partial charge in [0.05, 0.1) is 59.9 Å². The number of fused-ring (bicyclic) bond motifs is 4. The van der Waals surface area contributed by atoms with E-state index in [1.54, 1.807) is 33.3 Å². The number of ether oxygens (including phenoxy) is 2. The Balaban J connectivity index is 0.656. The van der Waals surface area contributed by atoms with E-state index in [2.05, 4.69) is 41.6 Å². The van der Waals surface area contributed by atoms with Gasteiger partial charge in [0.2, 0.25) is 11.8 Å². The zero-order valence-electron chi connectivity index (χ0n) is 37.8. The first-order chi connectivity index (χ1) is 32.5. The maximum Gasteiger partial charge on any atom is 0.329 e. The van der Waals surface area contributed by atoms with Gasteiger partial charge in [0.25, 0.3) is 12.3 Å². The highest BCUT2D eigenvalue weighted by atomic mass is 19.3. The molecule has 1 aliphatic carbocycles. The number of nitrogens with zero attached hydrogens (tertiary/aromatic N) is 10. The van der Waals surface area contributed by atoms with Crippen molar-refractivity contribution in [3.8, 4) is 0 Å². The Kier molecular flexibility index (Phi) is 11.7. The molecule has 3 amide bonds. The highest BCUT2D eigenvalue weighted by Crippen LogP contribution is 2.38. The Hall–Kier alpha value is -5.57. The van der Waals surface area contributed by atoms with E-state index in [-0.39, 0.29) is 53.1 Å². The molecule has 1 unspecified atom stereocenters. The minimum absolute atomic E-state index is 0.00217. The number of likely N-dealkylation sites (tertiary alicyclic amines) is 1. The standard InChI is InChI=1S/C47H58F2N12O6/c1-55-41-30(4-2-6-36(41)61(46(55)65)37-11-12-39(62)53-45(37)64)5-3-16-57-20-21-67-47(28-57)14-18-56(19-15-47)24-29-7-9-31(10-8-29)60-26-35(40(54-60)42(48)49)51-44(63)34-23-50-59-17-13-38(52-43(34)59)58-25-33-22-32(58)27-66-33/h2,4,6,13,17,23,26,29,31-33,37,42H,3,5,7-12,14-16,18-22,24-25,27-28H2,1H3,(H,51,63)(H,53,62,64)/t29-,31-,32-,33-,37?/m1/s1. The van der Waals surface area contributed by atoms with Crippen LogP contribution in [0, 0.1) is 5.92 Å². The molecular formula is C47H58F2N12O6. The topological polar surface area (TPSA) is 178 Å². The summed E-state index contributed by atoms with van der Waals surface area (Å²) in [4.78, 5) is 63.5. The number of amides is 3. The number of piperidine rings is 2. The summed E-state index contributed by atoms with van der Waals surface area (Å²) in [5.41, 5.74) is 2.32. The van der Waals surface area contributed by atoms with Crippen LogP contribution in [0.15, 0.2) is 47.7 Å². The maximum absolute atomic E-state index is 14.4. The number of imide groups is 1. The number of benzene rings is 1. The Bertz CT molecular complexity index is 2750. The van der Waals surface area contributed by atoms with Crippen molar-refractivity contribution >= 4 is 45.9 Å². The number of nitrogens with one attached hydrogen (secondary N) is 2. The third-order valence-electron chi connectivity index (χ3n) is 15.4. The first-order valence-electron chi connectivity index (χ1n) is 24.0. The van der Waals surface area contributed by atoms with Crippen molar-refractivity contribution in [1.29, 1.82) is 0 Å². The molecule has 11 rings (SSSR count). The lowest BCUT2D eigenvalue weighted by atomic mass is 9.84. The summed E-state index contributed by atoms with van der Waals surface area (Å²) in [5, 5.41) is 13.7. The lowest BCUT2D eigenvalue weighted by Gasteiger charge is -2.48. The molecule has 20 heteroatoms. The van der Waals surface area contributed by atoms with Gasteiger partial charge in [0, 0.05) is 65.1 Å². The number of hydrogen-bond donors (Lipinski definition) is 2. The highest BCUT2D eigenvalue weighted by molar-refractivity contribution is 6.08. The molecule has 67 heavy (non-hydrogen) atoms. The molecule has 6 aliphatic rings. The summed E-state index contributed by atoms with van der Waals surface area (Å²) in [6.07, 6.45) is 10.7. The van der Waals surface area contributed by atoms with Crippen LogP contribution in [-0.4, -0.2) is 138 Å². The molecule has 356 valence electrons. The Morgan fingerprint density at radius 3 is 2.63 bits per heavy atom. The second-order valence-corrected chi connectivity index (χ2v) is 19.6. The molecule has 1 saturated carbocycles. The van der Waals surface area contributed by atoms with Crippen molar-refractivity contribution in [2.45, 2.75) is 107 Å². The second-order valence-electron chi connectivity index (χ2n) is 19.6. The lowest BCUT2D eigenvalue weighted by Crippen LogP contribution is -2.57. The number of halogens is 2. The average Bonchev–Trinajstić information content (AvgIpc) is 4.18. The van der Waals surface area contributed by atoms with Gasteiger partial charge < -0.3 is 24.6 Å². The summed E-state index contributed by atoms with van der Waals surface area (Å²) in [5.74, 6) is -0.0643. The van der Waals surface area contributed by atoms with Crippen molar-refractivity contribution in [3.63, 3.8) is 0 Å². The molecule has 6 fully saturated rings. The molecule has 3 atom stereocenters. The highest BCUT2D eigenvalue weighted by Gasteiger charge is 2.42. The van der Waals surface area contributed by atoms with E-state index in [1.807, 2.05) is 18.2 Å². The summed E-state index contributed by atoms with van der Waals surface area (Å²) in [7, 11) is 1.75. The van der Waals surface area contributed by atoms with Crippen LogP contribution in [0.3, 0.4) is 0 Å². The number of rotatable bonds is 12. The number of hydrogen-bond acceptors (Lipinski definition) is 12. The number of imidazole rings is 1. The van der Waals surface area contributed by atoms with E-state index in [9.17, 15) is 28.0 Å². The minimum atomic E-state index is -2.86. The summed E-state index contributed by atoms with van der Waals surface area (Å²) < 4.78 is 47.3.